The Morgan fingerprint density at radius 2 is 1.93 bits per heavy atom. The number of ether oxygens (including phenoxy) is 1. The van der Waals surface area contributed by atoms with Crippen LogP contribution in [0.5, 0.6) is 11.5 Å². The number of carbonyl (C=O) groups is 1. The number of fused-ring (bicyclic) bond motifs is 1. The highest BCUT2D eigenvalue weighted by molar-refractivity contribution is 6.36. The van der Waals surface area contributed by atoms with Crippen LogP contribution in [0.2, 0.25) is 10.0 Å². The molecule has 0 atom stereocenters. The van der Waals surface area contributed by atoms with Crippen molar-refractivity contribution in [3.8, 4) is 11.5 Å². The van der Waals surface area contributed by atoms with Gasteiger partial charge in [-0.3, -0.25) is 4.79 Å². The van der Waals surface area contributed by atoms with Crippen LogP contribution in [0.4, 0.5) is 17.5 Å². The number of aromatic amines is 1. The molecule has 29 heavy (non-hydrogen) atoms. The Morgan fingerprint density at radius 3 is 2.72 bits per heavy atom. The number of imidazole rings is 1. The monoisotopic (exact) mass is 427 g/mol. The molecule has 4 rings (SSSR count). The van der Waals surface area contributed by atoms with Gasteiger partial charge in [0.2, 0.25) is 12.4 Å². The lowest BCUT2D eigenvalue weighted by molar-refractivity contribution is -0.107. The lowest BCUT2D eigenvalue weighted by atomic mass is 10.3. The Bertz CT molecular complexity index is 1190. The lowest BCUT2D eigenvalue weighted by Gasteiger charge is -2.11. The quantitative estimate of drug-likeness (QED) is 0.402. The molecule has 0 aliphatic carbocycles. The second kappa shape index (κ2) is 7.98. The number of nitrogens with zero attached hydrogens (tertiary/aromatic N) is 3. The number of hydrogen-bond acceptors (Lipinski definition) is 5. The second-order valence-electron chi connectivity index (χ2n) is 6.18. The van der Waals surface area contributed by atoms with E-state index in [1.165, 1.54) is 4.90 Å². The van der Waals surface area contributed by atoms with E-state index < -0.39 is 0 Å². The third-order valence-electron chi connectivity index (χ3n) is 4.11. The number of anilines is 3. The number of pyridine rings is 1. The molecule has 0 aliphatic heterocycles. The maximum atomic E-state index is 10.9. The van der Waals surface area contributed by atoms with Crippen LogP contribution in [0.3, 0.4) is 0 Å². The van der Waals surface area contributed by atoms with Crippen LogP contribution < -0.4 is 15.0 Å². The number of benzene rings is 2. The van der Waals surface area contributed by atoms with E-state index in [0.29, 0.717) is 45.4 Å². The van der Waals surface area contributed by atoms with Crippen molar-refractivity contribution in [1.82, 2.24) is 15.0 Å². The average Bonchev–Trinajstić information content (AvgIpc) is 3.11. The Morgan fingerprint density at radius 1 is 1.10 bits per heavy atom. The van der Waals surface area contributed by atoms with E-state index in [1.807, 2.05) is 18.2 Å². The summed E-state index contributed by atoms with van der Waals surface area (Å²) in [7, 11) is 1.62. The maximum absolute atomic E-state index is 10.9. The van der Waals surface area contributed by atoms with Crippen LogP contribution in [-0.4, -0.2) is 28.4 Å². The number of nitrogens with one attached hydrogen (secondary N) is 2. The molecule has 2 aromatic heterocycles. The van der Waals surface area contributed by atoms with Crippen molar-refractivity contribution in [3.05, 3.63) is 64.8 Å². The summed E-state index contributed by atoms with van der Waals surface area (Å²) < 4.78 is 5.90. The number of hydrogen-bond donors (Lipinski definition) is 2. The zero-order valence-electron chi connectivity index (χ0n) is 15.2. The van der Waals surface area contributed by atoms with Gasteiger partial charge in [0.15, 0.2) is 0 Å². The van der Waals surface area contributed by atoms with E-state index in [-0.39, 0.29) is 0 Å². The fourth-order valence-corrected chi connectivity index (χ4v) is 3.13. The van der Waals surface area contributed by atoms with E-state index in [4.69, 9.17) is 27.9 Å². The predicted octanol–water partition coefficient (Wildman–Crippen LogP) is 5.39. The van der Waals surface area contributed by atoms with Crippen molar-refractivity contribution in [3.63, 3.8) is 0 Å². The van der Waals surface area contributed by atoms with Crippen LogP contribution in [-0.2, 0) is 4.79 Å². The van der Waals surface area contributed by atoms with E-state index >= 15 is 0 Å². The van der Waals surface area contributed by atoms with Gasteiger partial charge in [-0.15, -0.1) is 0 Å². The van der Waals surface area contributed by atoms with Crippen LogP contribution in [0.15, 0.2) is 54.7 Å². The summed E-state index contributed by atoms with van der Waals surface area (Å²) in [5.74, 6) is 2.21. The molecule has 0 spiro atoms. The number of rotatable bonds is 6. The predicted molar refractivity (Wildman–Crippen MR) is 115 cm³/mol. The molecule has 9 heteroatoms. The number of carbonyl (C=O) groups excluding carboxylic acids is 1. The van der Waals surface area contributed by atoms with Crippen molar-refractivity contribution >= 4 is 58.1 Å². The SMILES string of the molecule is CN(C=O)c1cc(Oc2ccc3nc(Nc4ccc(Cl)cc4Cl)[nH]c3c2)ccn1. The fourth-order valence-electron chi connectivity index (χ4n) is 2.68. The van der Waals surface area contributed by atoms with Crippen LogP contribution >= 0.6 is 23.2 Å². The highest BCUT2D eigenvalue weighted by Gasteiger charge is 2.09. The summed E-state index contributed by atoms with van der Waals surface area (Å²) in [6.07, 6.45) is 2.27. The Balaban J connectivity index is 1.56. The van der Waals surface area contributed by atoms with Gasteiger partial charge in [0.1, 0.15) is 17.3 Å². The number of halogens is 2. The summed E-state index contributed by atoms with van der Waals surface area (Å²) >= 11 is 12.1. The van der Waals surface area contributed by atoms with Gasteiger partial charge in [-0.25, -0.2) is 9.97 Å². The molecule has 2 N–H and O–H groups in total. The third-order valence-corrected chi connectivity index (χ3v) is 4.66. The van der Waals surface area contributed by atoms with Gasteiger partial charge in [-0.05, 0) is 36.4 Å². The van der Waals surface area contributed by atoms with E-state index in [2.05, 4.69) is 20.3 Å². The van der Waals surface area contributed by atoms with E-state index in [1.54, 1.807) is 43.6 Å². The molecule has 0 bridgehead atoms. The number of H-pyrrole nitrogens is 1. The zero-order valence-corrected chi connectivity index (χ0v) is 16.7. The highest BCUT2D eigenvalue weighted by atomic mass is 35.5. The molecule has 0 aliphatic rings. The van der Waals surface area contributed by atoms with Gasteiger partial charge in [0.25, 0.3) is 0 Å². The van der Waals surface area contributed by atoms with Crippen molar-refractivity contribution in [2.24, 2.45) is 0 Å². The molecular formula is C20H15Cl2N5O2. The van der Waals surface area contributed by atoms with Gasteiger partial charge >= 0.3 is 0 Å². The van der Waals surface area contributed by atoms with Crippen LogP contribution in [0.25, 0.3) is 11.0 Å². The summed E-state index contributed by atoms with van der Waals surface area (Å²) in [5, 5.41) is 4.20. The van der Waals surface area contributed by atoms with Crippen molar-refractivity contribution in [1.29, 1.82) is 0 Å². The maximum Gasteiger partial charge on any atom is 0.215 e. The Hall–Kier alpha value is -3.29. The first-order valence-electron chi connectivity index (χ1n) is 8.56. The Labute approximate surface area is 176 Å². The minimum absolute atomic E-state index is 0.492. The van der Waals surface area contributed by atoms with Gasteiger partial charge < -0.3 is 19.9 Å². The first kappa shape index (κ1) is 19.0. The minimum Gasteiger partial charge on any atom is -0.457 e. The summed E-state index contributed by atoms with van der Waals surface area (Å²) in [6.45, 7) is 0. The molecule has 0 saturated heterocycles. The van der Waals surface area contributed by atoms with Crippen molar-refractivity contribution < 1.29 is 9.53 Å². The molecule has 7 nitrogen and oxygen atoms in total. The fraction of sp³-hybridized carbons (Fsp3) is 0.0500. The van der Waals surface area contributed by atoms with Crippen LogP contribution in [0, 0.1) is 0 Å². The molecule has 0 radical (unpaired) electrons. The molecule has 1 amide bonds. The number of aromatic nitrogens is 3. The topological polar surface area (TPSA) is 83.1 Å². The molecule has 0 saturated carbocycles. The second-order valence-corrected chi connectivity index (χ2v) is 7.03. The third kappa shape index (κ3) is 4.26. The lowest BCUT2D eigenvalue weighted by Crippen LogP contribution is -2.14. The van der Waals surface area contributed by atoms with Gasteiger partial charge in [0.05, 0.1) is 21.7 Å². The van der Waals surface area contributed by atoms with Gasteiger partial charge in [-0.2, -0.15) is 0 Å². The first-order chi connectivity index (χ1) is 14.0. The minimum atomic E-state index is 0.492. The molecule has 2 aromatic carbocycles. The molecule has 0 fully saturated rings. The van der Waals surface area contributed by atoms with E-state index in [0.717, 1.165) is 11.0 Å². The zero-order chi connectivity index (χ0) is 20.4. The smallest absolute Gasteiger partial charge is 0.215 e. The molecular weight excluding hydrogens is 413 g/mol. The summed E-state index contributed by atoms with van der Waals surface area (Å²) in [6, 6.07) is 14.1. The van der Waals surface area contributed by atoms with Gasteiger partial charge in [-0.1, -0.05) is 23.2 Å². The largest absolute Gasteiger partial charge is 0.457 e. The highest BCUT2D eigenvalue weighted by Crippen LogP contribution is 2.30. The van der Waals surface area contributed by atoms with Crippen molar-refractivity contribution in [2.75, 3.05) is 17.3 Å². The standard InChI is InChI=1S/C20H15Cl2N5O2/c1-27(11-28)19-10-14(6-7-23-19)29-13-3-5-17-18(9-13)26-20(25-17)24-16-4-2-12(21)8-15(16)22/h2-11H,1H3,(H2,24,25,26). The summed E-state index contributed by atoms with van der Waals surface area (Å²) in [5.41, 5.74) is 2.24. The van der Waals surface area contributed by atoms with Crippen LogP contribution in [0.1, 0.15) is 0 Å². The van der Waals surface area contributed by atoms with Crippen molar-refractivity contribution in [2.45, 2.75) is 0 Å². The average molecular weight is 428 g/mol. The first-order valence-corrected chi connectivity index (χ1v) is 9.31. The number of amides is 1. The Kier molecular flexibility index (Phi) is 5.24. The van der Waals surface area contributed by atoms with Gasteiger partial charge in [0, 0.05) is 30.4 Å². The van der Waals surface area contributed by atoms with E-state index in [9.17, 15) is 4.79 Å². The summed E-state index contributed by atoms with van der Waals surface area (Å²) in [4.78, 5) is 24.1. The molecule has 4 aromatic rings. The molecule has 146 valence electrons. The normalized spacial score (nSPS) is 10.7. The molecule has 2 heterocycles. The molecule has 0 unspecified atom stereocenters.